The quantitative estimate of drug-likeness (QED) is 0.566. The van der Waals surface area contributed by atoms with Gasteiger partial charge in [-0.25, -0.2) is 0 Å². The standard InChI is InChI=1S/C14H18ClF3N2/c1-5-13(10(2)3)20(19(4)14(16,17)18)12-8-6-7-11(15)9-12/h5-10H,1-4H3/b13-5-. The number of halogens is 4. The molecule has 0 N–H and O–H groups in total. The number of hydrogen-bond acceptors (Lipinski definition) is 2. The molecule has 0 aliphatic carbocycles. The minimum Gasteiger partial charge on any atom is -0.271 e. The SMILES string of the molecule is C/C=C(/C(C)C)N(c1cccc(Cl)c1)N(C)C(F)(F)F. The number of hydrazine groups is 1. The molecule has 0 unspecified atom stereocenters. The first-order chi connectivity index (χ1) is 9.18. The van der Waals surface area contributed by atoms with E-state index in [0.717, 1.165) is 12.1 Å². The molecule has 1 aromatic rings. The Labute approximate surface area is 122 Å². The van der Waals surface area contributed by atoms with E-state index < -0.39 is 6.30 Å². The summed E-state index contributed by atoms with van der Waals surface area (Å²) in [7, 11) is 0.993. The van der Waals surface area contributed by atoms with Gasteiger partial charge in [-0.2, -0.15) is 13.2 Å². The molecule has 0 aliphatic heterocycles. The van der Waals surface area contributed by atoms with Gasteiger partial charge < -0.3 is 0 Å². The molecular formula is C14H18ClF3N2. The monoisotopic (exact) mass is 306 g/mol. The zero-order chi connectivity index (χ0) is 15.5. The highest BCUT2D eigenvalue weighted by Gasteiger charge is 2.40. The van der Waals surface area contributed by atoms with Crippen molar-refractivity contribution in [2.24, 2.45) is 5.92 Å². The lowest BCUT2D eigenvalue weighted by Crippen LogP contribution is -2.49. The lowest BCUT2D eigenvalue weighted by Gasteiger charge is -2.38. The van der Waals surface area contributed by atoms with Crippen LogP contribution in [-0.4, -0.2) is 18.4 Å². The average Bonchev–Trinajstić information content (AvgIpc) is 2.33. The molecule has 0 saturated heterocycles. The molecule has 0 radical (unpaired) electrons. The molecule has 0 amide bonds. The van der Waals surface area contributed by atoms with Gasteiger partial charge in [0.15, 0.2) is 0 Å². The second kappa shape index (κ2) is 6.50. The summed E-state index contributed by atoms with van der Waals surface area (Å²) < 4.78 is 39.2. The molecule has 6 heteroatoms. The van der Waals surface area contributed by atoms with E-state index in [0.29, 0.717) is 16.4 Å². The highest BCUT2D eigenvalue weighted by Crippen LogP contribution is 2.32. The fraction of sp³-hybridized carbons (Fsp3) is 0.429. The van der Waals surface area contributed by atoms with E-state index in [2.05, 4.69) is 0 Å². The number of benzene rings is 1. The Morgan fingerprint density at radius 1 is 1.30 bits per heavy atom. The number of anilines is 1. The van der Waals surface area contributed by atoms with Crippen molar-refractivity contribution in [3.05, 3.63) is 41.1 Å². The van der Waals surface area contributed by atoms with Crippen molar-refractivity contribution < 1.29 is 13.2 Å². The number of nitrogens with zero attached hydrogens (tertiary/aromatic N) is 2. The van der Waals surface area contributed by atoms with Crippen LogP contribution < -0.4 is 5.01 Å². The van der Waals surface area contributed by atoms with Crippen molar-refractivity contribution in [3.8, 4) is 0 Å². The first-order valence-corrected chi connectivity index (χ1v) is 6.58. The summed E-state index contributed by atoms with van der Waals surface area (Å²) >= 11 is 5.89. The van der Waals surface area contributed by atoms with E-state index in [9.17, 15) is 13.2 Å². The normalized spacial score (nSPS) is 13.2. The maximum atomic E-state index is 13.1. The van der Waals surface area contributed by atoms with Crippen molar-refractivity contribution in [1.29, 1.82) is 0 Å². The Morgan fingerprint density at radius 3 is 2.30 bits per heavy atom. The van der Waals surface area contributed by atoms with E-state index in [4.69, 9.17) is 11.6 Å². The molecule has 0 aliphatic rings. The van der Waals surface area contributed by atoms with Crippen molar-refractivity contribution >= 4 is 17.3 Å². The van der Waals surface area contributed by atoms with Crippen molar-refractivity contribution in [3.63, 3.8) is 0 Å². The molecule has 1 rings (SSSR count). The molecule has 0 spiro atoms. The molecule has 0 saturated carbocycles. The Hall–Kier alpha value is -1.20. The van der Waals surface area contributed by atoms with Gasteiger partial charge in [-0.05, 0) is 31.0 Å². The minimum absolute atomic E-state index is 0.0659. The van der Waals surface area contributed by atoms with Crippen molar-refractivity contribution in [1.82, 2.24) is 5.01 Å². The number of rotatable bonds is 4. The Morgan fingerprint density at radius 2 is 1.90 bits per heavy atom. The first kappa shape index (κ1) is 16.9. The Kier molecular flexibility index (Phi) is 5.48. The van der Waals surface area contributed by atoms with Crippen LogP contribution in [0, 0.1) is 5.92 Å². The summed E-state index contributed by atoms with van der Waals surface area (Å²) in [6.45, 7) is 5.41. The lowest BCUT2D eigenvalue weighted by atomic mass is 10.1. The summed E-state index contributed by atoms with van der Waals surface area (Å²) in [6, 6.07) is 6.36. The van der Waals surface area contributed by atoms with Gasteiger partial charge in [0, 0.05) is 17.8 Å². The molecule has 2 nitrogen and oxygen atoms in total. The minimum atomic E-state index is -4.48. The fourth-order valence-corrected chi connectivity index (χ4v) is 2.10. The van der Waals surface area contributed by atoms with Crippen LogP contribution in [0.5, 0.6) is 0 Å². The van der Waals surface area contributed by atoms with Crippen LogP contribution >= 0.6 is 11.6 Å². The second-order valence-corrected chi connectivity index (χ2v) is 5.09. The van der Waals surface area contributed by atoms with Gasteiger partial charge in [0.1, 0.15) is 0 Å². The maximum Gasteiger partial charge on any atom is 0.477 e. The highest BCUT2D eigenvalue weighted by molar-refractivity contribution is 6.30. The van der Waals surface area contributed by atoms with Crippen LogP contribution in [0.25, 0.3) is 0 Å². The average molecular weight is 307 g/mol. The smallest absolute Gasteiger partial charge is 0.271 e. The van der Waals surface area contributed by atoms with Gasteiger partial charge in [0.25, 0.3) is 0 Å². The van der Waals surface area contributed by atoms with Gasteiger partial charge in [-0.3, -0.25) is 5.01 Å². The summed E-state index contributed by atoms with van der Waals surface area (Å²) in [5.74, 6) is -0.0659. The summed E-state index contributed by atoms with van der Waals surface area (Å²) in [6.07, 6.45) is -2.81. The van der Waals surface area contributed by atoms with Gasteiger partial charge in [-0.1, -0.05) is 37.6 Å². The van der Waals surface area contributed by atoms with Crippen LogP contribution in [0.3, 0.4) is 0 Å². The van der Waals surface area contributed by atoms with E-state index in [1.54, 1.807) is 31.2 Å². The highest BCUT2D eigenvalue weighted by atomic mass is 35.5. The van der Waals surface area contributed by atoms with Gasteiger partial charge >= 0.3 is 6.30 Å². The van der Waals surface area contributed by atoms with E-state index in [1.807, 2.05) is 13.8 Å². The molecule has 20 heavy (non-hydrogen) atoms. The van der Waals surface area contributed by atoms with Crippen LogP contribution in [0.1, 0.15) is 20.8 Å². The molecule has 0 aromatic heterocycles. The van der Waals surface area contributed by atoms with Gasteiger partial charge in [-0.15, -0.1) is 5.01 Å². The Bertz CT molecular complexity index is 484. The zero-order valence-electron chi connectivity index (χ0n) is 11.9. The third-order valence-corrected chi connectivity index (χ3v) is 3.09. The molecular weight excluding hydrogens is 289 g/mol. The zero-order valence-corrected chi connectivity index (χ0v) is 12.6. The van der Waals surface area contributed by atoms with E-state index >= 15 is 0 Å². The summed E-state index contributed by atoms with van der Waals surface area (Å²) in [4.78, 5) is 0. The third-order valence-electron chi connectivity index (χ3n) is 2.85. The van der Waals surface area contributed by atoms with E-state index in [-0.39, 0.29) is 10.9 Å². The van der Waals surface area contributed by atoms with Crippen molar-refractivity contribution in [2.75, 3.05) is 12.1 Å². The molecule has 0 atom stereocenters. The van der Waals surface area contributed by atoms with Crippen LogP contribution in [0.15, 0.2) is 36.0 Å². The number of hydrogen-bond donors (Lipinski definition) is 0. The molecule has 0 bridgehead atoms. The molecule has 112 valence electrons. The van der Waals surface area contributed by atoms with Gasteiger partial charge in [0.2, 0.25) is 0 Å². The fourth-order valence-electron chi connectivity index (χ4n) is 1.92. The van der Waals surface area contributed by atoms with Crippen LogP contribution in [0.4, 0.5) is 18.9 Å². The summed E-state index contributed by atoms with van der Waals surface area (Å²) in [5.41, 5.74) is 0.922. The second-order valence-electron chi connectivity index (χ2n) is 4.65. The summed E-state index contributed by atoms with van der Waals surface area (Å²) in [5, 5.41) is 1.78. The van der Waals surface area contributed by atoms with Crippen LogP contribution in [-0.2, 0) is 0 Å². The number of allylic oxidation sites excluding steroid dienone is 2. The molecule has 0 heterocycles. The molecule has 0 fully saturated rings. The topological polar surface area (TPSA) is 6.48 Å². The molecule has 1 aromatic carbocycles. The number of alkyl halides is 3. The largest absolute Gasteiger partial charge is 0.477 e. The van der Waals surface area contributed by atoms with Gasteiger partial charge in [0.05, 0.1) is 5.69 Å². The predicted molar refractivity (Wildman–Crippen MR) is 76.3 cm³/mol. The van der Waals surface area contributed by atoms with E-state index in [1.165, 1.54) is 6.07 Å². The van der Waals surface area contributed by atoms with Crippen LogP contribution in [0.2, 0.25) is 5.02 Å². The maximum absolute atomic E-state index is 13.1. The van der Waals surface area contributed by atoms with Crippen molar-refractivity contribution in [2.45, 2.75) is 27.1 Å². The third kappa shape index (κ3) is 3.90. The predicted octanol–water partition coefficient (Wildman–Crippen LogP) is 5.07. The first-order valence-electron chi connectivity index (χ1n) is 6.20. The lowest BCUT2D eigenvalue weighted by molar-refractivity contribution is -0.238. The Balaban J connectivity index is 3.35.